The summed E-state index contributed by atoms with van der Waals surface area (Å²) in [6.07, 6.45) is 0. The van der Waals surface area contributed by atoms with Crippen molar-refractivity contribution < 1.29 is 0 Å². The molecule has 2 rings (SSSR count). The van der Waals surface area contributed by atoms with E-state index in [-0.39, 0.29) is 0 Å². The van der Waals surface area contributed by atoms with Crippen molar-refractivity contribution in [2.75, 3.05) is 0 Å². The summed E-state index contributed by atoms with van der Waals surface area (Å²) in [4.78, 5) is 0. The number of benzene rings is 1. The summed E-state index contributed by atoms with van der Waals surface area (Å²) in [7, 11) is 0. The third-order valence-electron chi connectivity index (χ3n) is 2.07. The van der Waals surface area contributed by atoms with E-state index in [0.717, 1.165) is 0 Å². The zero-order valence-corrected chi connectivity index (χ0v) is 9.42. The van der Waals surface area contributed by atoms with Crippen molar-refractivity contribution in [1.82, 2.24) is 0 Å². The standard InChI is InChI=1S/C10H9BrS/c1-6-3-4-7(2)10-8(6)5-9(11)12-10/h3-5H,1-2H3. The largest absolute Gasteiger partial charge is 0.128 e. The van der Waals surface area contributed by atoms with E-state index in [9.17, 15) is 0 Å². The van der Waals surface area contributed by atoms with Gasteiger partial charge in [0.05, 0.1) is 3.79 Å². The third-order valence-corrected chi connectivity index (χ3v) is 3.84. The highest BCUT2D eigenvalue weighted by atomic mass is 79.9. The smallest absolute Gasteiger partial charge is 0.0711 e. The van der Waals surface area contributed by atoms with Crippen LogP contribution >= 0.6 is 27.3 Å². The van der Waals surface area contributed by atoms with Gasteiger partial charge in [0, 0.05) is 4.70 Å². The van der Waals surface area contributed by atoms with Crippen LogP contribution in [0.3, 0.4) is 0 Å². The minimum atomic E-state index is 1.22. The molecule has 0 fully saturated rings. The first-order valence-corrected chi connectivity index (χ1v) is 5.44. The molecule has 1 aromatic heterocycles. The van der Waals surface area contributed by atoms with Crippen molar-refractivity contribution in [2.24, 2.45) is 0 Å². The van der Waals surface area contributed by atoms with Gasteiger partial charge in [0.2, 0.25) is 0 Å². The van der Waals surface area contributed by atoms with Gasteiger partial charge in [-0.3, -0.25) is 0 Å². The lowest BCUT2D eigenvalue weighted by atomic mass is 10.1. The number of aryl methyl sites for hydroxylation is 2. The molecule has 0 saturated heterocycles. The van der Waals surface area contributed by atoms with Gasteiger partial charge in [0.1, 0.15) is 0 Å². The maximum Gasteiger partial charge on any atom is 0.0711 e. The predicted octanol–water partition coefficient (Wildman–Crippen LogP) is 4.28. The van der Waals surface area contributed by atoms with Crippen LogP contribution in [0.15, 0.2) is 22.0 Å². The molecule has 1 heterocycles. The van der Waals surface area contributed by atoms with E-state index in [1.54, 1.807) is 0 Å². The van der Waals surface area contributed by atoms with Crippen molar-refractivity contribution in [3.05, 3.63) is 33.1 Å². The normalized spacial score (nSPS) is 10.9. The van der Waals surface area contributed by atoms with Gasteiger partial charge in [-0.1, -0.05) is 12.1 Å². The summed E-state index contributed by atoms with van der Waals surface area (Å²) in [5.41, 5.74) is 2.73. The molecule has 2 heteroatoms. The average molecular weight is 241 g/mol. The summed E-state index contributed by atoms with van der Waals surface area (Å²) < 4.78 is 2.62. The van der Waals surface area contributed by atoms with Crippen LogP contribution in [0, 0.1) is 13.8 Å². The Balaban J connectivity index is 2.93. The lowest BCUT2D eigenvalue weighted by Crippen LogP contribution is -1.75. The van der Waals surface area contributed by atoms with Gasteiger partial charge in [0.25, 0.3) is 0 Å². The van der Waals surface area contributed by atoms with Crippen LogP contribution < -0.4 is 0 Å². The van der Waals surface area contributed by atoms with Crippen LogP contribution in [-0.2, 0) is 0 Å². The molecular weight excluding hydrogens is 232 g/mol. The molecule has 0 N–H and O–H groups in total. The first kappa shape index (κ1) is 8.27. The summed E-state index contributed by atoms with van der Waals surface area (Å²) in [6, 6.07) is 6.56. The molecule has 0 nitrogen and oxygen atoms in total. The van der Waals surface area contributed by atoms with Crippen LogP contribution in [0.2, 0.25) is 0 Å². The summed E-state index contributed by atoms with van der Waals surface area (Å²) in [5, 5.41) is 1.38. The second kappa shape index (κ2) is 2.86. The van der Waals surface area contributed by atoms with E-state index in [2.05, 4.69) is 48.0 Å². The maximum atomic E-state index is 3.51. The maximum absolute atomic E-state index is 3.51. The highest BCUT2D eigenvalue weighted by Crippen LogP contribution is 2.33. The van der Waals surface area contributed by atoms with Gasteiger partial charge in [-0.15, -0.1) is 11.3 Å². The summed E-state index contributed by atoms with van der Waals surface area (Å²) in [5.74, 6) is 0. The summed E-state index contributed by atoms with van der Waals surface area (Å²) in [6.45, 7) is 4.31. The second-order valence-electron chi connectivity index (χ2n) is 2.99. The van der Waals surface area contributed by atoms with Crippen molar-refractivity contribution in [3.63, 3.8) is 0 Å². The molecule has 2 aromatic rings. The molecule has 0 atom stereocenters. The molecular formula is C10H9BrS. The highest BCUT2D eigenvalue weighted by Gasteiger charge is 2.03. The number of hydrogen-bond donors (Lipinski definition) is 0. The van der Waals surface area contributed by atoms with Crippen molar-refractivity contribution in [3.8, 4) is 0 Å². The fourth-order valence-electron chi connectivity index (χ4n) is 1.36. The molecule has 62 valence electrons. The summed E-state index contributed by atoms with van der Waals surface area (Å²) >= 11 is 5.32. The first-order valence-electron chi connectivity index (χ1n) is 3.84. The van der Waals surface area contributed by atoms with E-state index >= 15 is 0 Å². The van der Waals surface area contributed by atoms with E-state index < -0.39 is 0 Å². The Morgan fingerprint density at radius 2 is 1.83 bits per heavy atom. The number of halogens is 1. The Morgan fingerprint density at radius 1 is 1.17 bits per heavy atom. The zero-order chi connectivity index (χ0) is 8.72. The molecule has 0 aliphatic carbocycles. The first-order chi connectivity index (χ1) is 5.68. The topological polar surface area (TPSA) is 0 Å². The zero-order valence-electron chi connectivity index (χ0n) is 7.02. The molecule has 0 spiro atoms. The van der Waals surface area contributed by atoms with E-state index in [1.807, 2.05) is 11.3 Å². The van der Waals surface area contributed by atoms with Crippen LogP contribution in [0.25, 0.3) is 10.1 Å². The van der Waals surface area contributed by atoms with Crippen LogP contribution in [-0.4, -0.2) is 0 Å². The quantitative estimate of drug-likeness (QED) is 0.645. The molecule has 0 aliphatic heterocycles. The Morgan fingerprint density at radius 3 is 2.50 bits per heavy atom. The highest BCUT2D eigenvalue weighted by molar-refractivity contribution is 9.11. The lowest BCUT2D eigenvalue weighted by Gasteiger charge is -1.97. The van der Waals surface area contributed by atoms with Gasteiger partial charge >= 0.3 is 0 Å². The van der Waals surface area contributed by atoms with E-state index in [0.29, 0.717) is 0 Å². The average Bonchev–Trinajstić information content (AvgIpc) is 2.41. The molecule has 12 heavy (non-hydrogen) atoms. The molecule has 1 aromatic carbocycles. The SMILES string of the molecule is Cc1ccc(C)c2sc(Br)cc12. The van der Waals surface area contributed by atoms with Crippen LogP contribution in [0.1, 0.15) is 11.1 Å². The fourth-order valence-corrected chi connectivity index (χ4v) is 3.01. The van der Waals surface area contributed by atoms with Gasteiger partial charge in [0.15, 0.2) is 0 Å². The minimum absolute atomic E-state index is 1.22. The molecule has 0 radical (unpaired) electrons. The number of rotatable bonds is 0. The number of thiophene rings is 1. The number of fused-ring (bicyclic) bond motifs is 1. The molecule has 0 bridgehead atoms. The van der Waals surface area contributed by atoms with E-state index in [4.69, 9.17) is 0 Å². The van der Waals surface area contributed by atoms with Crippen molar-refractivity contribution >= 4 is 37.4 Å². The Kier molecular flexibility index (Phi) is 1.97. The van der Waals surface area contributed by atoms with Crippen LogP contribution in [0.4, 0.5) is 0 Å². The van der Waals surface area contributed by atoms with Crippen molar-refractivity contribution in [1.29, 1.82) is 0 Å². The molecule has 0 unspecified atom stereocenters. The molecule has 0 saturated carbocycles. The van der Waals surface area contributed by atoms with Gasteiger partial charge in [-0.2, -0.15) is 0 Å². The van der Waals surface area contributed by atoms with E-state index in [1.165, 1.54) is 25.0 Å². The van der Waals surface area contributed by atoms with Gasteiger partial charge in [-0.05, 0) is 52.4 Å². The van der Waals surface area contributed by atoms with Gasteiger partial charge in [-0.25, -0.2) is 0 Å². The van der Waals surface area contributed by atoms with Crippen molar-refractivity contribution in [2.45, 2.75) is 13.8 Å². The fraction of sp³-hybridized carbons (Fsp3) is 0.200. The predicted molar refractivity (Wildman–Crippen MR) is 59.0 cm³/mol. The molecule has 0 aliphatic rings. The van der Waals surface area contributed by atoms with Gasteiger partial charge < -0.3 is 0 Å². The monoisotopic (exact) mass is 240 g/mol. The Hall–Kier alpha value is -0.340. The lowest BCUT2D eigenvalue weighted by molar-refractivity contribution is 1.48. The Bertz CT molecular complexity index is 390. The molecule has 0 amide bonds. The second-order valence-corrected chi connectivity index (χ2v) is 5.42. The minimum Gasteiger partial charge on any atom is -0.128 e. The Labute approximate surface area is 84.4 Å². The number of hydrogen-bond acceptors (Lipinski definition) is 1. The van der Waals surface area contributed by atoms with Crippen LogP contribution in [0.5, 0.6) is 0 Å². The third kappa shape index (κ3) is 1.19.